The Balaban J connectivity index is 1.23. The minimum absolute atomic E-state index is 0.101. The average Bonchev–Trinajstić information content (AvgIpc) is 3.29. The molecule has 174 valence electrons. The molecule has 3 aliphatic carbocycles. The number of hydrogen-bond donors (Lipinski definition) is 0. The lowest BCUT2D eigenvalue weighted by atomic mass is 9.68. The maximum absolute atomic E-state index is 14.1. The van der Waals surface area contributed by atoms with E-state index in [4.69, 9.17) is 0 Å². The maximum Gasteiger partial charge on any atom is 0.387 e. The molecule has 0 N–H and O–H groups in total. The fraction of sp³-hybridized carbons (Fsp3) is 0.769. The average molecular weight is 441 g/mol. The molecule has 0 unspecified atom stereocenters. The SMILES string of the molecule is Fc1cc(C2CCC(C3CCC(CCC4CCCC4)CC3)CC2)cc(F)c1OC(F)F. The number of rotatable bonds is 7. The number of ether oxygens (including phenoxy) is 1. The Labute approximate surface area is 183 Å². The Hall–Kier alpha value is -1.26. The van der Waals surface area contributed by atoms with E-state index in [-0.39, 0.29) is 5.92 Å². The van der Waals surface area contributed by atoms with E-state index in [9.17, 15) is 17.6 Å². The zero-order valence-corrected chi connectivity index (χ0v) is 18.4. The minimum atomic E-state index is -3.23. The highest BCUT2D eigenvalue weighted by Crippen LogP contribution is 2.45. The molecule has 1 aromatic rings. The van der Waals surface area contributed by atoms with Crippen molar-refractivity contribution in [3.05, 3.63) is 29.3 Å². The molecule has 31 heavy (non-hydrogen) atoms. The third-order valence-electron chi connectivity index (χ3n) is 8.49. The number of benzene rings is 1. The molecule has 3 saturated carbocycles. The molecule has 0 aromatic heterocycles. The van der Waals surface area contributed by atoms with Crippen molar-refractivity contribution in [3.8, 4) is 5.75 Å². The van der Waals surface area contributed by atoms with Crippen molar-refractivity contribution < 1.29 is 22.3 Å². The highest BCUT2D eigenvalue weighted by Gasteiger charge is 2.32. The molecule has 1 nitrogen and oxygen atoms in total. The molecule has 1 aromatic carbocycles. The van der Waals surface area contributed by atoms with Crippen LogP contribution in [0.3, 0.4) is 0 Å². The fourth-order valence-corrected chi connectivity index (χ4v) is 6.66. The summed E-state index contributed by atoms with van der Waals surface area (Å²) in [6.07, 6.45) is 18.1. The van der Waals surface area contributed by atoms with E-state index in [1.807, 2.05) is 0 Å². The Bertz CT molecular complexity index is 676. The molecular formula is C26H36F4O. The first-order valence-electron chi connectivity index (χ1n) is 12.4. The highest BCUT2D eigenvalue weighted by molar-refractivity contribution is 5.33. The molecule has 5 heteroatoms. The van der Waals surface area contributed by atoms with E-state index in [0.717, 1.165) is 49.4 Å². The van der Waals surface area contributed by atoms with Gasteiger partial charge in [-0.15, -0.1) is 0 Å². The zero-order chi connectivity index (χ0) is 21.8. The zero-order valence-electron chi connectivity index (χ0n) is 18.4. The van der Waals surface area contributed by atoms with E-state index in [0.29, 0.717) is 5.56 Å². The van der Waals surface area contributed by atoms with Crippen LogP contribution in [-0.4, -0.2) is 6.61 Å². The molecule has 0 radical (unpaired) electrons. The van der Waals surface area contributed by atoms with Gasteiger partial charge in [-0.1, -0.05) is 51.4 Å². The first-order chi connectivity index (χ1) is 15.0. The van der Waals surface area contributed by atoms with Crippen LogP contribution >= 0.6 is 0 Å². The van der Waals surface area contributed by atoms with Crippen molar-refractivity contribution in [2.24, 2.45) is 23.7 Å². The van der Waals surface area contributed by atoms with E-state index in [2.05, 4.69) is 4.74 Å². The molecule has 0 atom stereocenters. The highest BCUT2D eigenvalue weighted by atomic mass is 19.3. The summed E-state index contributed by atoms with van der Waals surface area (Å²) in [6, 6.07) is 2.36. The molecule has 0 saturated heterocycles. The van der Waals surface area contributed by atoms with E-state index >= 15 is 0 Å². The summed E-state index contributed by atoms with van der Waals surface area (Å²) in [5.74, 6) is 0.511. The Morgan fingerprint density at radius 1 is 0.710 bits per heavy atom. The summed E-state index contributed by atoms with van der Waals surface area (Å²) < 4.78 is 56.8. The number of hydrogen-bond acceptors (Lipinski definition) is 1. The lowest BCUT2D eigenvalue weighted by Gasteiger charge is -2.38. The summed E-state index contributed by atoms with van der Waals surface area (Å²) in [7, 11) is 0. The van der Waals surface area contributed by atoms with Gasteiger partial charge in [0.25, 0.3) is 0 Å². The van der Waals surface area contributed by atoms with Gasteiger partial charge in [0, 0.05) is 0 Å². The van der Waals surface area contributed by atoms with Gasteiger partial charge in [0.15, 0.2) is 17.4 Å². The normalized spacial score (nSPS) is 30.1. The molecule has 0 heterocycles. The van der Waals surface area contributed by atoms with Gasteiger partial charge in [0.1, 0.15) is 0 Å². The third-order valence-corrected chi connectivity index (χ3v) is 8.49. The van der Waals surface area contributed by atoms with E-state index in [1.54, 1.807) is 0 Å². The summed E-state index contributed by atoms with van der Waals surface area (Å²) in [6.45, 7) is -3.23. The predicted molar refractivity (Wildman–Crippen MR) is 114 cm³/mol. The number of halogens is 4. The quantitative estimate of drug-likeness (QED) is 0.386. The van der Waals surface area contributed by atoms with Crippen LogP contribution in [-0.2, 0) is 0 Å². The molecule has 3 aliphatic rings. The summed E-state index contributed by atoms with van der Waals surface area (Å²) in [5, 5.41) is 0. The lowest BCUT2D eigenvalue weighted by Crippen LogP contribution is -2.25. The Morgan fingerprint density at radius 3 is 1.71 bits per heavy atom. The topological polar surface area (TPSA) is 9.23 Å². The van der Waals surface area contributed by atoms with Crippen LogP contribution in [0.25, 0.3) is 0 Å². The molecule has 4 rings (SSSR count). The summed E-state index contributed by atoms with van der Waals surface area (Å²) in [4.78, 5) is 0. The van der Waals surface area contributed by atoms with Crippen molar-refractivity contribution in [1.29, 1.82) is 0 Å². The van der Waals surface area contributed by atoms with Gasteiger partial charge in [-0.2, -0.15) is 8.78 Å². The van der Waals surface area contributed by atoms with Crippen molar-refractivity contribution in [3.63, 3.8) is 0 Å². The van der Waals surface area contributed by atoms with Crippen LogP contribution in [0.2, 0.25) is 0 Å². The van der Waals surface area contributed by atoms with Crippen LogP contribution < -0.4 is 4.74 Å². The van der Waals surface area contributed by atoms with Crippen LogP contribution in [0.1, 0.15) is 101 Å². The first-order valence-corrected chi connectivity index (χ1v) is 12.4. The van der Waals surface area contributed by atoms with Crippen molar-refractivity contribution in [1.82, 2.24) is 0 Å². The van der Waals surface area contributed by atoms with E-state index in [1.165, 1.54) is 76.3 Å². The molecule has 3 fully saturated rings. The molecule has 0 bridgehead atoms. The molecular weight excluding hydrogens is 404 g/mol. The van der Waals surface area contributed by atoms with Gasteiger partial charge in [0.05, 0.1) is 0 Å². The molecule has 0 amide bonds. The van der Waals surface area contributed by atoms with E-state index < -0.39 is 24.0 Å². The maximum atomic E-state index is 14.1. The van der Waals surface area contributed by atoms with Gasteiger partial charge in [0.2, 0.25) is 0 Å². The predicted octanol–water partition coefficient (Wildman–Crippen LogP) is 8.62. The molecule has 0 aliphatic heterocycles. The van der Waals surface area contributed by atoms with Crippen molar-refractivity contribution in [2.75, 3.05) is 0 Å². The second-order valence-corrected chi connectivity index (χ2v) is 10.3. The van der Waals surface area contributed by atoms with Crippen LogP contribution in [0.5, 0.6) is 5.75 Å². The smallest absolute Gasteiger partial charge is 0.387 e. The van der Waals surface area contributed by atoms with Gasteiger partial charge in [-0.3, -0.25) is 0 Å². The van der Waals surface area contributed by atoms with Crippen LogP contribution in [0.15, 0.2) is 12.1 Å². The van der Waals surface area contributed by atoms with Crippen LogP contribution in [0.4, 0.5) is 17.6 Å². The summed E-state index contributed by atoms with van der Waals surface area (Å²) in [5.41, 5.74) is 0.575. The van der Waals surface area contributed by atoms with Crippen molar-refractivity contribution in [2.45, 2.75) is 102 Å². The fourth-order valence-electron chi connectivity index (χ4n) is 6.66. The largest absolute Gasteiger partial charge is 0.429 e. The number of alkyl halides is 2. The van der Waals surface area contributed by atoms with Gasteiger partial charge in [-0.05, 0) is 85.8 Å². The standard InChI is InChI=1S/C26H36F4O/c27-23-15-22(16-24(28)25(23)31-26(29)30)21-13-11-20(12-14-21)19-9-7-18(8-10-19)6-5-17-3-1-2-4-17/h15-21,26H,1-14H2. The lowest BCUT2D eigenvalue weighted by molar-refractivity contribution is -0.0546. The molecule has 0 spiro atoms. The van der Waals surface area contributed by atoms with Crippen molar-refractivity contribution >= 4 is 0 Å². The van der Waals surface area contributed by atoms with Crippen LogP contribution in [0, 0.1) is 35.3 Å². The van der Waals surface area contributed by atoms with Gasteiger partial charge in [-0.25, -0.2) is 8.78 Å². The van der Waals surface area contributed by atoms with Gasteiger partial charge < -0.3 is 4.74 Å². The first kappa shape index (κ1) is 22.9. The van der Waals surface area contributed by atoms with Gasteiger partial charge >= 0.3 is 6.61 Å². The minimum Gasteiger partial charge on any atom is -0.429 e. The second kappa shape index (κ2) is 10.6. The monoisotopic (exact) mass is 440 g/mol. The summed E-state index contributed by atoms with van der Waals surface area (Å²) >= 11 is 0. The Kier molecular flexibility index (Phi) is 7.81. The second-order valence-electron chi connectivity index (χ2n) is 10.3. The third kappa shape index (κ3) is 5.96. The Morgan fingerprint density at radius 2 is 1.19 bits per heavy atom.